The smallest absolute Gasteiger partial charge is 0.0217 e. The van der Waals surface area contributed by atoms with Gasteiger partial charge < -0.3 is 21.7 Å². The zero-order valence-electron chi connectivity index (χ0n) is 17.6. The van der Waals surface area contributed by atoms with E-state index in [2.05, 4.69) is 70.5 Å². The molecule has 0 atom stereocenters. The molecule has 4 nitrogen and oxygen atoms in total. The lowest BCUT2D eigenvalue weighted by Gasteiger charge is -2.13. The van der Waals surface area contributed by atoms with Crippen molar-refractivity contribution in [1.29, 1.82) is 0 Å². The van der Waals surface area contributed by atoms with Gasteiger partial charge >= 0.3 is 0 Å². The molecule has 0 radical (unpaired) electrons. The van der Waals surface area contributed by atoms with E-state index in [1.54, 1.807) is 0 Å². The molecule has 3 aromatic carbocycles. The van der Waals surface area contributed by atoms with Gasteiger partial charge in [0.15, 0.2) is 0 Å². The summed E-state index contributed by atoms with van der Waals surface area (Å²) in [7, 11) is 0. The van der Waals surface area contributed by atoms with Crippen molar-refractivity contribution >= 4 is 21.5 Å². The van der Waals surface area contributed by atoms with Crippen LogP contribution in [0, 0.1) is 0 Å². The second kappa shape index (κ2) is 12.6. The van der Waals surface area contributed by atoms with E-state index >= 15 is 0 Å². The third-order valence-electron chi connectivity index (χ3n) is 5.41. The van der Waals surface area contributed by atoms with Crippen LogP contribution in [0.2, 0.25) is 0 Å². The maximum absolute atomic E-state index is 5.49. The van der Waals surface area contributed by atoms with Gasteiger partial charge in [-0.2, -0.15) is 0 Å². The van der Waals surface area contributed by atoms with Crippen LogP contribution in [0.5, 0.6) is 0 Å². The Balaban J connectivity index is 1.36. The van der Waals surface area contributed by atoms with Crippen LogP contribution in [0.4, 0.5) is 0 Å². The average molecular weight is 393 g/mol. The summed E-state index contributed by atoms with van der Waals surface area (Å²) in [6.45, 7) is 7.04. The first-order valence-electron chi connectivity index (χ1n) is 11.1. The lowest BCUT2D eigenvalue weighted by molar-refractivity contribution is 0.556. The minimum atomic E-state index is 0.777. The van der Waals surface area contributed by atoms with E-state index < -0.39 is 0 Å². The largest absolute Gasteiger partial charge is 0.330 e. The Bertz CT molecular complexity index is 808. The number of hydrogen-bond acceptors (Lipinski definition) is 4. The van der Waals surface area contributed by atoms with E-state index in [0.29, 0.717) is 0 Å². The molecule has 0 aliphatic heterocycles. The molecule has 0 aromatic heterocycles. The predicted molar refractivity (Wildman–Crippen MR) is 126 cm³/mol. The van der Waals surface area contributed by atoms with Crippen molar-refractivity contribution < 1.29 is 0 Å². The van der Waals surface area contributed by atoms with Gasteiger partial charge in [0.25, 0.3) is 0 Å². The van der Waals surface area contributed by atoms with Gasteiger partial charge in [-0.05, 0) is 98.1 Å². The summed E-state index contributed by atoms with van der Waals surface area (Å²) in [5, 5.41) is 16.0. The molecule has 0 unspecified atom stereocenters. The summed E-state index contributed by atoms with van der Waals surface area (Å²) in [6.07, 6.45) is 4.67. The van der Waals surface area contributed by atoms with Crippen LogP contribution >= 0.6 is 0 Å². The quantitative estimate of drug-likeness (QED) is 0.249. The van der Waals surface area contributed by atoms with Crippen LogP contribution < -0.4 is 21.7 Å². The van der Waals surface area contributed by atoms with Crippen LogP contribution in [0.25, 0.3) is 21.5 Å². The fraction of sp³-hybridized carbons (Fsp3) is 0.440. The normalized spacial score (nSPS) is 11.5. The third kappa shape index (κ3) is 6.79. The minimum absolute atomic E-state index is 0.777. The van der Waals surface area contributed by atoms with Gasteiger partial charge in [0.05, 0.1) is 0 Å². The Morgan fingerprint density at radius 1 is 0.586 bits per heavy atom. The van der Waals surface area contributed by atoms with E-state index in [0.717, 1.165) is 58.7 Å². The molecule has 5 N–H and O–H groups in total. The molecule has 0 saturated heterocycles. The van der Waals surface area contributed by atoms with Gasteiger partial charge in [0.2, 0.25) is 0 Å². The lowest BCUT2D eigenvalue weighted by Crippen LogP contribution is -2.24. The highest BCUT2D eigenvalue weighted by molar-refractivity contribution is 6.02. The molecule has 3 aromatic rings. The van der Waals surface area contributed by atoms with Gasteiger partial charge in [0, 0.05) is 6.54 Å². The molecule has 0 fully saturated rings. The van der Waals surface area contributed by atoms with E-state index in [1.165, 1.54) is 39.9 Å². The summed E-state index contributed by atoms with van der Waals surface area (Å²) in [4.78, 5) is 0. The summed E-state index contributed by atoms with van der Waals surface area (Å²) in [5.74, 6) is 0. The van der Waals surface area contributed by atoms with Crippen LogP contribution in [0.3, 0.4) is 0 Å². The fourth-order valence-electron chi connectivity index (χ4n) is 3.83. The number of benzene rings is 3. The number of unbranched alkanes of at least 4 members (excludes halogenated alkanes) is 1. The highest BCUT2D eigenvalue weighted by atomic mass is 14.9. The van der Waals surface area contributed by atoms with Crippen LogP contribution in [-0.2, 0) is 6.54 Å². The Labute approximate surface area is 175 Å². The highest BCUT2D eigenvalue weighted by Gasteiger charge is 2.06. The summed E-state index contributed by atoms with van der Waals surface area (Å²) in [5.41, 5.74) is 6.90. The van der Waals surface area contributed by atoms with Crippen molar-refractivity contribution in [3.8, 4) is 0 Å². The zero-order valence-corrected chi connectivity index (χ0v) is 17.6. The molecule has 0 saturated carbocycles. The van der Waals surface area contributed by atoms with Crippen LogP contribution in [-0.4, -0.2) is 39.3 Å². The maximum Gasteiger partial charge on any atom is 0.0217 e. The van der Waals surface area contributed by atoms with Crippen molar-refractivity contribution in [2.45, 2.75) is 32.2 Å². The molecule has 0 bridgehead atoms. The monoisotopic (exact) mass is 392 g/mol. The molecule has 0 aliphatic rings. The minimum Gasteiger partial charge on any atom is -0.330 e. The van der Waals surface area contributed by atoms with Gasteiger partial charge in [-0.1, -0.05) is 48.5 Å². The van der Waals surface area contributed by atoms with Crippen LogP contribution in [0.1, 0.15) is 31.2 Å². The Morgan fingerprint density at radius 3 is 1.72 bits per heavy atom. The maximum atomic E-state index is 5.49. The highest BCUT2D eigenvalue weighted by Crippen LogP contribution is 2.28. The Hall–Kier alpha value is -1.98. The molecule has 4 heteroatoms. The molecule has 0 aliphatic carbocycles. The second-order valence-corrected chi connectivity index (χ2v) is 7.68. The molecule has 3 rings (SSSR count). The summed E-state index contributed by atoms with van der Waals surface area (Å²) in [6, 6.07) is 19.7. The van der Waals surface area contributed by atoms with Crippen molar-refractivity contribution in [3.63, 3.8) is 0 Å². The summed E-state index contributed by atoms with van der Waals surface area (Å²) >= 11 is 0. The van der Waals surface area contributed by atoms with Gasteiger partial charge in [-0.15, -0.1) is 0 Å². The van der Waals surface area contributed by atoms with E-state index in [9.17, 15) is 0 Å². The molecule has 29 heavy (non-hydrogen) atoms. The van der Waals surface area contributed by atoms with E-state index in [1.807, 2.05) is 0 Å². The molecule has 156 valence electrons. The number of hydrogen-bond donors (Lipinski definition) is 4. The van der Waals surface area contributed by atoms with E-state index in [-0.39, 0.29) is 0 Å². The number of fused-ring (bicyclic) bond motifs is 2. The van der Waals surface area contributed by atoms with Gasteiger partial charge in [-0.3, -0.25) is 0 Å². The first-order chi connectivity index (χ1) is 14.4. The molecular formula is C25H36N4. The lowest BCUT2D eigenvalue weighted by atomic mass is 9.97. The first kappa shape index (κ1) is 21.7. The van der Waals surface area contributed by atoms with Crippen molar-refractivity contribution in [3.05, 3.63) is 60.2 Å². The number of rotatable bonds is 14. The van der Waals surface area contributed by atoms with Gasteiger partial charge in [-0.25, -0.2) is 0 Å². The zero-order chi connectivity index (χ0) is 20.2. The second-order valence-electron chi connectivity index (χ2n) is 7.68. The molecular weight excluding hydrogens is 356 g/mol. The van der Waals surface area contributed by atoms with E-state index in [4.69, 9.17) is 5.73 Å². The van der Waals surface area contributed by atoms with Crippen molar-refractivity contribution in [1.82, 2.24) is 16.0 Å². The van der Waals surface area contributed by atoms with Crippen molar-refractivity contribution in [2.75, 3.05) is 39.3 Å². The molecule has 0 spiro atoms. The SMILES string of the molecule is NCCCNCCCCNCCCNCc1c2ccccc2cc2ccccc12. The Kier molecular flexibility index (Phi) is 9.40. The molecule has 0 amide bonds. The standard InChI is InChI=1S/C25H36N4/c26-13-7-16-27-14-5-6-15-28-17-8-18-29-20-25-23-11-3-1-9-21(23)19-22-10-2-4-12-24(22)25/h1-4,9-12,19,27-29H,5-8,13-18,20,26H2. The number of nitrogens with one attached hydrogen (secondary N) is 3. The van der Waals surface area contributed by atoms with Crippen LogP contribution in [0.15, 0.2) is 54.6 Å². The topological polar surface area (TPSA) is 62.1 Å². The summed E-state index contributed by atoms with van der Waals surface area (Å²) < 4.78 is 0. The fourth-order valence-corrected chi connectivity index (χ4v) is 3.83. The third-order valence-corrected chi connectivity index (χ3v) is 5.41. The molecule has 0 heterocycles. The predicted octanol–water partition coefficient (Wildman–Crippen LogP) is 3.78. The number of nitrogens with two attached hydrogens (primary N) is 1. The average Bonchev–Trinajstić information content (AvgIpc) is 2.76. The Morgan fingerprint density at radius 2 is 1.10 bits per heavy atom. The van der Waals surface area contributed by atoms with Crippen molar-refractivity contribution in [2.24, 2.45) is 5.73 Å². The van der Waals surface area contributed by atoms with Gasteiger partial charge in [0.1, 0.15) is 0 Å². The first-order valence-corrected chi connectivity index (χ1v) is 11.1.